The molecular formula is C19H18ClNO4. The summed E-state index contributed by atoms with van der Waals surface area (Å²) in [7, 11) is 0. The number of ketones is 1. The summed E-state index contributed by atoms with van der Waals surface area (Å²) in [6.07, 6.45) is -0.880. The van der Waals surface area contributed by atoms with Crippen molar-refractivity contribution in [2.75, 3.05) is 5.32 Å². The first kappa shape index (κ1) is 18.7. The zero-order valence-corrected chi connectivity index (χ0v) is 14.7. The number of anilines is 1. The van der Waals surface area contributed by atoms with Crippen LogP contribution in [-0.2, 0) is 20.7 Å². The smallest absolute Gasteiger partial charge is 0.311 e. The highest BCUT2D eigenvalue weighted by atomic mass is 35.5. The summed E-state index contributed by atoms with van der Waals surface area (Å²) in [6, 6.07) is 13.3. The Balaban J connectivity index is 1.87. The fraction of sp³-hybridized carbons (Fsp3) is 0.211. The lowest BCUT2D eigenvalue weighted by molar-refractivity contribution is -0.152. The lowest BCUT2D eigenvalue weighted by Gasteiger charge is -2.14. The molecule has 2 aromatic rings. The lowest BCUT2D eigenvalue weighted by atomic mass is 10.1. The van der Waals surface area contributed by atoms with E-state index in [4.69, 9.17) is 16.3 Å². The van der Waals surface area contributed by atoms with Gasteiger partial charge in [-0.15, -0.1) is 0 Å². The largest absolute Gasteiger partial charge is 0.452 e. The van der Waals surface area contributed by atoms with E-state index in [1.54, 1.807) is 48.5 Å². The molecule has 1 amide bonds. The second-order valence-corrected chi connectivity index (χ2v) is 5.99. The quantitative estimate of drug-likeness (QED) is 0.631. The minimum Gasteiger partial charge on any atom is -0.452 e. The number of amides is 1. The minimum absolute atomic E-state index is 0.0534. The average Bonchev–Trinajstić information content (AvgIpc) is 2.57. The maximum absolute atomic E-state index is 12.1. The highest BCUT2D eigenvalue weighted by Gasteiger charge is 2.18. The Hall–Kier alpha value is -2.66. The Morgan fingerprint density at radius 1 is 1.04 bits per heavy atom. The topological polar surface area (TPSA) is 72.5 Å². The van der Waals surface area contributed by atoms with Gasteiger partial charge in [0.1, 0.15) is 0 Å². The summed E-state index contributed by atoms with van der Waals surface area (Å²) < 4.78 is 5.14. The number of esters is 1. The van der Waals surface area contributed by atoms with E-state index in [-0.39, 0.29) is 12.2 Å². The van der Waals surface area contributed by atoms with Gasteiger partial charge in [-0.25, -0.2) is 0 Å². The Morgan fingerprint density at radius 3 is 2.20 bits per heavy atom. The molecular weight excluding hydrogens is 342 g/mol. The van der Waals surface area contributed by atoms with Gasteiger partial charge in [0.25, 0.3) is 5.91 Å². The highest BCUT2D eigenvalue weighted by Crippen LogP contribution is 2.12. The summed E-state index contributed by atoms with van der Waals surface area (Å²) in [4.78, 5) is 35.2. The molecule has 5 nitrogen and oxygen atoms in total. The molecule has 0 aromatic heterocycles. The lowest BCUT2D eigenvalue weighted by Crippen LogP contribution is -2.30. The highest BCUT2D eigenvalue weighted by molar-refractivity contribution is 6.30. The summed E-state index contributed by atoms with van der Waals surface area (Å²) in [6.45, 7) is 2.97. The molecule has 130 valence electrons. The van der Waals surface area contributed by atoms with Gasteiger partial charge in [-0.1, -0.05) is 23.7 Å². The molecule has 0 saturated heterocycles. The van der Waals surface area contributed by atoms with Gasteiger partial charge in [0.05, 0.1) is 6.42 Å². The van der Waals surface area contributed by atoms with Gasteiger partial charge in [-0.3, -0.25) is 14.4 Å². The van der Waals surface area contributed by atoms with Crippen molar-refractivity contribution in [2.45, 2.75) is 26.4 Å². The van der Waals surface area contributed by atoms with Crippen molar-refractivity contribution in [1.29, 1.82) is 0 Å². The van der Waals surface area contributed by atoms with E-state index in [0.29, 0.717) is 16.3 Å². The standard InChI is InChI=1S/C19H18ClNO4/c1-12(22)15-5-9-17(10-6-15)21-19(24)13(2)25-18(23)11-14-3-7-16(20)8-4-14/h3-10,13H,11H2,1-2H3,(H,21,24). The average molecular weight is 360 g/mol. The molecule has 1 unspecified atom stereocenters. The van der Waals surface area contributed by atoms with Gasteiger partial charge < -0.3 is 10.1 Å². The van der Waals surface area contributed by atoms with E-state index in [9.17, 15) is 14.4 Å². The van der Waals surface area contributed by atoms with Gasteiger partial charge in [0, 0.05) is 16.3 Å². The molecule has 1 N–H and O–H groups in total. The van der Waals surface area contributed by atoms with Crippen LogP contribution in [-0.4, -0.2) is 23.8 Å². The maximum atomic E-state index is 12.1. The Morgan fingerprint density at radius 2 is 1.64 bits per heavy atom. The number of ether oxygens (including phenoxy) is 1. The summed E-state index contributed by atoms with van der Waals surface area (Å²) in [5, 5.41) is 3.22. The molecule has 6 heteroatoms. The van der Waals surface area contributed by atoms with E-state index in [1.165, 1.54) is 13.8 Å². The van der Waals surface area contributed by atoms with Gasteiger partial charge in [0.15, 0.2) is 11.9 Å². The van der Waals surface area contributed by atoms with Crippen LogP contribution < -0.4 is 5.32 Å². The van der Waals surface area contributed by atoms with Gasteiger partial charge in [-0.2, -0.15) is 0 Å². The van der Waals surface area contributed by atoms with Gasteiger partial charge >= 0.3 is 5.97 Å². The van der Waals surface area contributed by atoms with Crippen LogP contribution in [0.15, 0.2) is 48.5 Å². The van der Waals surface area contributed by atoms with Crippen LogP contribution in [0.5, 0.6) is 0 Å². The van der Waals surface area contributed by atoms with E-state index in [0.717, 1.165) is 5.56 Å². The predicted octanol–water partition coefficient (Wildman–Crippen LogP) is 3.66. The molecule has 0 heterocycles. The summed E-state index contributed by atoms with van der Waals surface area (Å²) >= 11 is 5.79. The molecule has 0 bridgehead atoms. The maximum Gasteiger partial charge on any atom is 0.311 e. The Kier molecular flexibility index (Phi) is 6.31. The number of rotatable bonds is 6. The molecule has 0 aliphatic heterocycles. The number of hydrogen-bond acceptors (Lipinski definition) is 4. The van der Waals surface area contributed by atoms with E-state index < -0.39 is 18.0 Å². The summed E-state index contributed by atoms with van der Waals surface area (Å²) in [5.74, 6) is -1.00. The Labute approximate surface area is 150 Å². The van der Waals surface area contributed by atoms with E-state index >= 15 is 0 Å². The fourth-order valence-electron chi connectivity index (χ4n) is 2.09. The van der Waals surface area contributed by atoms with Crippen molar-refractivity contribution >= 4 is 34.9 Å². The van der Waals surface area contributed by atoms with Crippen LogP contribution in [0.25, 0.3) is 0 Å². The van der Waals surface area contributed by atoms with Crippen LogP contribution in [0.4, 0.5) is 5.69 Å². The van der Waals surface area contributed by atoms with Crippen LogP contribution in [0, 0.1) is 0 Å². The molecule has 2 aromatic carbocycles. The molecule has 0 fully saturated rings. The first-order valence-electron chi connectivity index (χ1n) is 7.71. The molecule has 0 saturated carbocycles. The van der Waals surface area contributed by atoms with Crippen molar-refractivity contribution in [3.8, 4) is 0 Å². The van der Waals surface area contributed by atoms with Crippen LogP contribution in [0.2, 0.25) is 5.02 Å². The number of carbonyl (C=O) groups is 3. The first-order chi connectivity index (χ1) is 11.8. The SMILES string of the molecule is CC(=O)c1ccc(NC(=O)C(C)OC(=O)Cc2ccc(Cl)cc2)cc1. The third-order valence-corrected chi connectivity index (χ3v) is 3.75. The number of Topliss-reactive ketones (excluding diaryl/α,β-unsaturated/α-hetero) is 1. The van der Waals surface area contributed by atoms with Crippen molar-refractivity contribution < 1.29 is 19.1 Å². The molecule has 0 aliphatic carbocycles. The van der Waals surface area contributed by atoms with Crippen molar-refractivity contribution in [3.05, 3.63) is 64.7 Å². The number of hydrogen-bond donors (Lipinski definition) is 1. The molecule has 0 radical (unpaired) electrons. The third kappa shape index (κ3) is 5.72. The molecule has 2 rings (SSSR count). The number of benzene rings is 2. The predicted molar refractivity (Wildman–Crippen MR) is 95.8 cm³/mol. The Bertz CT molecular complexity index is 769. The zero-order valence-electron chi connectivity index (χ0n) is 13.9. The molecule has 25 heavy (non-hydrogen) atoms. The molecule has 0 aliphatic rings. The first-order valence-corrected chi connectivity index (χ1v) is 8.09. The fourth-order valence-corrected chi connectivity index (χ4v) is 2.22. The number of carbonyl (C=O) groups excluding carboxylic acids is 3. The number of nitrogens with one attached hydrogen (secondary N) is 1. The van der Waals surface area contributed by atoms with E-state index in [2.05, 4.69) is 5.32 Å². The second kappa shape index (κ2) is 8.44. The van der Waals surface area contributed by atoms with Crippen LogP contribution in [0.1, 0.15) is 29.8 Å². The third-order valence-electron chi connectivity index (χ3n) is 3.50. The van der Waals surface area contributed by atoms with Crippen LogP contribution >= 0.6 is 11.6 Å². The molecule has 0 spiro atoms. The van der Waals surface area contributed by atoms with E-state index in [1.807, 2.05) is 0 Å². The second-order valence-electron chi connectivity index (χ2n) is 5.56. The van der Waals surface area contributed by atoms with Crippen molar-refractivity contribution in [3.63, 3.8) is 0 Å². The zero-order chi connectivity index (χ0) is 18.4. The summed E-state index contributed by atoms with van der Waals surface area (Å²) in [5.41, 5.74) is 1.83. The van der Waals surface area contributed by atoms with Gasteiger partial charge in [0.2, 0.25) is 0 Å². The molecule has 1 atom stereocenters. The minimum atomic E-state index is -0.938. The van der Waals surface area contributed by atoms with Crippen molar-refractivity contribution in [2.24, 2.45) is 0 Å². The van der Waals surface area contributed by atoms with Gasteiger partial charge in [-0.05, 0) is 55.8 Å². The van der Waals surface area contributed by atoms with Crippen LogP contribution in [0.3, 0.4) is 0 Å². The normalized spacial score (nSPS) is 11.5. The number of halogens is 1. The van der Waals surface area contributed by atoms with Crippen molar-refractivity contribution in [1.82, 2.24) is 0 Å². The monoisotopic (exact) mass is 359 g/mol.